The van der Waals surface area contributed by atoms with Gasteiger partial charge in [0.1, 0.15) is 5.70 Å². The maximum absolute atomic E-state index is 12.9. The predicted molar refractivity (Wildman–Crippen MR) is 110 cm³/mol. The van der Waals surface area contributed by atoms with Gasteiger partial charge in [0, 0.05) is 17.7 Å². The number of hydrogen-bond acceptors (Lipinski definition) is 2. The molecule has 29 heavy (non-hydrogen) atoms. The van der Waals surface area contributed by atoms with Gasteiger partial charge in [0.15, 0.2) is 0 Å². The van der Waals surface area contributed by atoms with Crippen LogP contribution in [-0.2, 0) is 4.79 Å². The molecule has 0 fully saturated rings. The second kappa shape index (κ2) is 10.1. The lowest BCUT2D eigenvalue weighted by Gasteiger charge is -2.24. The van der Waals surface area contributed by atoms with Crippen LogP contribution in [0.4, 0.5) is 13.2 Å². The summed E-state index contributed by atoms with van der Waals surface area (Å²) in [6.45, 7) is 7.06. The third-order valence-corrected chi connectivity index (χ3v) is 4.52. The second-order valence-electron chi connectivity index (χ2n) is 6.97. The van der Waals surface area contributed by atoms with E-state index in [1.807, 2.05) is 50.3 Å². The Kier molecular flexibility index (Phi) is 7.88. The van der Waals surface area contributed by atoms with Gasteiger partial charge >= 0.3 is 6.18 Å². The van der Waals surface area contributed by atoms with Crippen LogP contribution >= 0.6 is 0 Å². The zero-order valence-electron chi connectivity index (χ0n) is 16.8. The average molecular weight is 404 g/mol. The van der Waals surface area contributed by atoms with Gasteiger partial charge in [0.05, 0.1) is 6.04 Å². The van der Waals surface area contributed by atoms with E-state index in [0.717, 1.165) is 24.5 Å². The Balaban J connectivity index is 2.28. The lowest BCUT2D eigenvalue weighted by molar-refractivity contribution is -0.118. The quantitative estimate of drug-likeness (QED) is 0.598. The van der Waals surface area contributed by atoms with Gasteiger partial charge in [0.25, 0.3) is 5.91 Å². The molecule has 0 unspecified atom stereocenters. The largest absolute Gasteiger partial charge is 0.415 e. The smallest absolute Gasteiger partial charge is 0.354 e. The Bertz CT molecular complexity index is 820. The molecular weight excluding hydrogens is 377 g/mol. The first-order valence-electron chi connectivity index (χ1n) is 9.74. The van der Waals surface area contributed by atoms with Crippen molar-refractivity contribution in [3.05, 3.63) is 83.2 Å². The molecule has 1 heterocycles. The number of carbonyl (C=O) groups excluding carboxylic acids is 1. The van der Waals surface area contributed by atoms with Crippen LogP contribution in [0.25, 0.3) is 0 Å². The molecule has 0 saturated heterocycles. The van der Waals surface area contributed by atoms with Crippen LogP contribution in [0, 0.1) is 0 Å². The van der Waals surface area contributed by atoms with Gasteiger partial charge in [-0.05, 0) is 36.1 Å². The molecule has 0 aromatic heterocycles. The van der Waals surface area contributed by atoms with E-state index in [2.05, 4.69) is 17.2 Å². The first kappa shape index (κ1) is 22.5. The summed E-state index contributed by atoms with van der Waals surface area (Å²) in [5, 5.41) is 6.06. The van der Waals surface area contributed by atoms with Crippen LogP contribution in [0.1, 0.15) is 51.1 Å². The van der Waals surface area contributed by atoms with E-state index in [1.165, 1.54) is 6.08 Å². The van der Waals surface area contributed by atoms with Gasteiger partial charge in [-0.3, -0.25) is 4.79 Å². The Morgan fingerprint density at radius 2 is 1.97 bits per heavy atom. The summed E-state index contributed by atoms with van der Waals surface area (Å²) < 4.78 is 38.6. The molecule has 0 aliphatic carbocycles. The summed E-state index contributed by atoms with van der Waals surface area (Å²) in [6, 6.07) is 9.46. The molecular formula is C23H27F3N2O. The molecule has 1 amide bonds. The standard InChI is InChI=1S/C23H27F3N2O/c1-4-9-19-14-17(13-16(3)23(24,25)26)15-21(27-19)22(29)28-20(10-5-2)18-11-7-6-8-12-18/h6-9,11-13,15,20,27H,3-5,10,14H2,1-2H3,(H,28,29)/b17-13+,19-9+/t20-/m1/s1. The highest BCUT2D eigenvalue weighted by molar-refractivity contribution is 5.94. The minimum atomic E-state index is -4.50. The maximum Gasteiger partial charge on any atom is 0.415 e. The molecule has 0 saturated carbocycles. The van der Waals surface area contributed by atoms with Gasteiger partial charge in [-0.25, -0.2) is 0 Å². The molecule has 0 spiro atoms. The van der Waals surface area contributed by atoms with E-state index in [1.54, 1.807) is 0 Å². The Labute approximate surface area is 170 Å². The van der Waals surface area contributed by atoms with Crippen molar-refractivity contribution in [1.29, 1.82) is 0 Å². The van der Waals surface area contributed by atoms with Crippen molar-refractivity contribution >= 4 is 5.91 Å². The van der Waals surface area contributed by atoms with Crippen LogP contribution in [0.5, 0.6) is 0 Å². The maximum atomic E-state index is 12.9. The van der Waals surface area contributed by atoms with E-state index in [9.17, 15) is 18.0 Å². The Hall–Kier alpha value is -2.76. The second-order valence-corrected chi connectivity index (χ2v) is 6.97. The fourth-order valence-corrected chi connectivity index (χ4v) is 3.13. The lowest BCUT2D eigenvalue weighted by Crippen LogP contribution is -2.36. The number of halogens is 3. The van der Waals surface area contributed by atoms with Crippen LogP contribution in [0.15, 0.2) is 77.7 Å². The summed E-state index contributed by atoms with van der Waals surface area (Å²) in [6.07, 6.45) is 2.46. The SMILES string of the molecule is C=C(/C=C1/C=C(C(=O)N[C@H](CCC)c2ccccc2)N/C(=C/CC)C1)C(F)(F)F. The molecule has 0 bridgehead atoms. The van der Waals surface area contributed by atoms with Crippen molar-refractivity contribution < 1.29 is 18.0 Å². The van der Waals surface area contributed by atoms with Gasteiger partial charge in [0.2, 0.25) is 0 Å². The monoisotopic (exact) mass is 404 g/mol. The van der Waals surface area contributed by atoms with Crippen molar-refractivity contribution in [3.8, 4) is 0 Å². The van der Waals surface area contributed by atoms with Crippen molar-refractivity contribution in [2.24, 2.45) is 0 Å². The zero-order chi connectivity index (χ0) is 21.4. The molecule has 1 atom stereocenters. The van der Waals surface area contributed by atoms with Crippen molar-refractivity contribution in [2.45, 2.75) is 51.7 Å². The molecule has 1 aromatic rings. The van der Waals surface area contributed by atoms with E-state index in [-0.39, 0.29) is 24.1 Å². The highest BCUT2D eigenvalue weighted by Crippen LogP contribution is 2.29. The van der Waals surface area contributed by atoms with E-state index >= 15 is 0 Å². The molecule has 3 nitrogen and oxygen atoms in total. The van der Waals surface area contributed by atoms with Gasteiger partial charge in [-0.15, -0.1) is 0 Å². The first-order chi connectivity index (χ1) is 13.7. The topological polar surface area (TPSA) is 41.1 Å². The highest BCUT2D eigenvalue weighted by Gasteiger charge is 2.31. The number of amides is 1. The van der Waals surface area contributed by atoms with Gasteiger partial charge < -0.3 is 10.6 Å². The molecule has 2 N–H and O–H groups in total. The number of alkyl halides is 3. The van der Waals surface area contributed by atoms with Gasteiger partial charge in [-0.2, -0.15) is 13.2 Å². The van der Waals surface area contributed by atoms with Crippen LogP contribution in [0.2, 0.25) is 0 Å². The average Bonchev–Trinajstić information content (AvgIpc) is 2.67. The Morgan fingerprint density at radius 3 is 2.55 bits per heavy atom. The lowest BCUT2D eigenvalue weighted by atomic mass is 9.99. The van der Waals surface area contributed by atoms with Crippen LogP contribution in [0.3, 0.4) is 0 Å². The number of allylic oxidation sites excluding steroid dienone is 5. The van der Waals surface area contributed by atoms with Crippen LogP contribution < -0.4 is 10.6 Å². The number of rotatable bonds is 7. The number of benzene rings is 1. The van der Waals surface area contributed by atoms with Crippen LogP contribution in [-0.4, -0.2) is 12.1 Å². The number of nitrogens with one attached hydrogen (secondary N) is 2. The van der Waals surface area contributed by atoms with E-state index in [0.29, 0.717) is 17.7 Å². The zero-order valence-corrected chi connectivity index (χ0v) is 16.8. The molecule has 1 aromatic carbocycles. The minimum Gasteiger partial charge on any atom is -0.354 e. The molecule has 156 valence electrons. The summed E-state index contributed by atoms with van der Waals surface area (Å²) in [4.78, 5) is 12.9. The first-order valence-corrected chi connectivity index (χ1v) is 9.74. The molecule has 0 radical (unpaired) electrons. The molecule has 1 aliphatic rings. The third-order valence-electron chi connectivity index (χ3n) is 4.52. The summed E-state index contributed by atoms with van der Waals surface area (Å²) >= 11 is 0. The summed E-state index contributed by atoms with van der Waals surface area (Å²) in [5.74, 6) is -0.350. The van der Waals surface area contributed by atoms with Crippen molar-refractivity contribution in [3.63, 3.8) is 0 Å². The fraction of sp³-hybridized carbons (Fsp3) is 0.348. The summed E-state index contributed by atoms with van der Waals surface area (Å²) in [5.41, 5.74) is 1.38. The number of carbonyl (C=O) groups is 1. The van der Waals surface area contributed by atoms with Crippen molar-refractivity contribution in [2.75, 3.05) is 0 Å². The molecule has 1 aliphatic heterocycles. The van der Waals surface area contributed by atoms with E-state index < -0.39 is 11.7 Å². The molecule has 6 heteroatoms. The van der Waals surface area contributed by atoms with Crippen molar-refractivity contribution in [1.82, 2.24) is 10.6 Å². The highest BCUT2D eigenvalue weighted by atomic mass is 19.4. The van der Waals surface area contributed by atoms with Gasteiger partial charge in [-0.1, -0.05) is 63.3 Å². The fourth-order valence-electron chi connectivity index (χ4n) is 3.13. The summed E-state index contributed by atoms with van der Waals surface area (Å²) in [7, 11) is 0. The third kappa shape index (κ3) is 6.66. The number of hydrogen-bond donors (Lipinski definition) is 2. The normalized spacial score (nSPS) is 18.2. The predicted octanol–water partition coefficient (Wildman–Crippen LogP) is 5.86. The Morgan fingerprint density at radius 1 is 1.28 bits per heavy atom. The minimum absolute atomic E-state index is 0.172. The van der Waals surface area contributed by atoms with E-state index in [4.69, 9.17) is 0 Å². The molecule has 2 rings (SSSR count).